The Morgan fingerprint density at radius 3 is 2.50 bits per heavy atom. The smallest absolute Gasteiger partial charge is 0.167 e. The number of carbonyl (C=O) groups is 1. The third-order valence-electron chi connectivity index (χ3n) is 2.67. The molecular formula is C15H12BrClO3. The van der Waals surface area contributed by atoms with Crippen molar-refractivity contribution in [2.75, 3.05) is 7.11 Å². The van der Waals surface area contributed by atoms with Gasteiger partial charge in [-0.25, -0.2) is 0 Å². The lowest BCUT2D eigenvalue weighted by molar-refractivity contribution is 0.101. The zero-order chi connectivity index (χ0) is 14.7. The zero-order valence-corrected chi connectivity index (χ0v) is 13.3. The molecule has 0 fully saturated rings. The topological polar surface area (TPSA) is 35.5 Å². The normalized spacial score (nSPS) is 10.2. The maximum atomic E-state index is 11.8. The molecule has 0 bridgehead atoms. The molecule has 0 aromatic heterocycles. The van der Waals surface area contributed by atoms with E-state index in [1.54, 1.807) is 30.3 Å². The number of rotatable bonds is 4. The average Bonchev–Trinajstić information content (AvgIpc) is 2.42. The van der Waals surface area contributed by atoms with Crippen molar-refractivity contribution in [1.29, 1.82) is 0 Å². The van der Waals surface area contributed by atoms with Crippen molar-refractivity contribution in [2.24, 2.45) is 0 Å². The Kier molecular flexibility index (Phi) is 4.68. The second-order valence-corrected chi connectivity index (χ2v) is 5.39. The van der Waals surface area contributed by atoms with Gasteiger partial charge in [-0.2, -0.15) is 0 Å². The summed E-state index contributed by atoms with van der Waals surface area (Å²) < 4.78 is 11.8. The first-order chi connectivity index (χ1) is 9.52. The number of carbonyl (C=O) groups excluding carboxylic acids is 1. The Morgan fingerprint density at radius 2 is 1.85 bits per heavy atom. The van der Waals surface area contributed by atoms with Crippen LogP contribution >= 0.6 is 27.5 Å². The largest absolute Gasteiger partial charge is 0.496 e. The summed E-state index contributed by atoms with van der Waals surface area (Å²) in [6, 6.07) is 10.4. The van der Waals surface area contributed by atoms with Gasteiger partial charge in [0.15, 0.2) is 5.78 Å². The molecule has 0 amide bonds. The lowest BCUT2D eigenvalue weighted by Crippen LogP contribution is -2.01. The fourth-order valence-corrected chi connectivity index (χ4v) is 2.28. The number of hydrogen-bond acceptors (Lipinski definition) is 3. The SMILES string of the molecule is COc1cccc(Oc2cc(Br)ccc2Cl)c1C(C)=O. The predicted molar refractivity (Wildman–Crippen MR) is 82.2 cm³/mol. The number of Topliss-reactive ketones (excluding diaryl/α,β-unsaturated/α-hetero) is 1. The molecule has 2 aromatic rings. The van der Waals surface area contributed by atoms with Gasteiger partial charge < -0.3 is 9.47 Å². The first kappa shape index (κ1) is 14.9. The molecule has 0 unspecified atom stereocenters. The van der Waals surface area contributed by atoms with Crippen molar-refractivity contribution in [2.45, 2.75) is 6.92 Å². The van der Waals surface area contributed by atoms with Gasteiger partial charge in [0.25, 0.3) is 0 Å². The quantitative estimate of drug-likeness (QED) is 0.715. The lowest BCUT2D eigenvalue weighted by atomic mass is 10.1. The summed E-state index contributed by atoms with van der Waals surface area (Å²) in [6.45, 7) is 1.47. The molecule has 0 radical (unpaired) electrons. The molecule has 0 atom stereocenters. The van der Waals surface area contributed by atoms with Crippen LogP contribution in [0.4, 0.5) is 0 Å². The van der Waals surface area contributed by atoms with E-state index in [1.165, 1.54) is 14.0 Å². The maximum Gasteiger partial charge on any atom is 0.167 e. The molecule has 2 aromatic carbocycles. The van der Waals surface area contributed by atoms with Gasteiger partial charge in [-0.3, -0.25) is 4.79 Å². The van der Waals surface area contributed by atoms with E-state index in [1.807, 2.05) is 6.07 Å². The molecule has 5 heteroatoms. The monoisotopic (exact) mass is 354 g/mol. The minimum Gasteiger partial charge on any atom is -0.496 e. The van der Waals surface area contributed by atoms with Crippen LogP contribution in [0.1, 0.15) is 17.3 Å². The molecule has 3 nitrogen and oxygen atoms in total. The fraction of sp³-hybridized carbons (Fsp3) is 0.133. The molecule has 0 aliphatic rings. The van der Waals surface area contributed by atoms with Crippen LogP contribution in [0.2, 0.25) is 5.02 Å². The van der Waals surface area contributed by atoms with Crippen molar-refractivity contribution < 1.29 is 14.3 Å². The summed E-state index contributed by atoms with van der Waals surface area (Å²) in [5, 5.41) is 0.463. The number of hydrogen-bond donors (Lipinski definition) is 0. The van der Waals surface area contributed by atoms with E-state index in [2.05, 4.69) is 15.9 Å². The Bertz CT molecular complexity index is 656. The van der Waals surface area contributed by atoms with Crippen LogP contribution in [-0.4, -0.2) is 12.9 Å². The predicted octanol–water partition coefficient (Wildman–Crippen LogP) is 5.11. The van der Waals surface area contributed by atoms with Crippen molar-refractivity contribution in [3.63, 3.8) is 0 Å². The number of methoxy groups -OCH3 is 1. The zero-order valence-electron chi connectivity index (χ0n) is 10.9. The molecule has 20 heavy (non-hydrogen) atoms. The highest BCUT2D eigenvalue weighted by Gasteiger charge is 2.16. The van der Waals surface area contributed by atoms with Crippen LogP contribution in [0.25, 0.3) is 0 Å². The van der Waals surface area contributed by atoms with E-state index in [0.717, 1.165) is 4.47 Å². The summed E-state index contributed by atoms with van der Waals surface area (Å²) in [5.74, 6) is 1.22. The third kappa shape index (κ3) is 3.14. The van der Waals surface area contributed by atoms with Crippen molar-refractivity contribution in [1.82, 2.24) is 0 Å². The van der Waals surface area contributed by atoms with E-state index < -0.39 is 0 Å². The van der Waals surface area contributed by atoms with Gasteiger partial charge in [-0.15, -0.1) is 0 Å². The standard InChI is InChI=1S/C15H12BrClO3/c1-9(18)15-12(19-2)4-3-5-13(15)20-14-8-10(16)6-7-11(14)17/h3-8H,1-2H3. The van der Waals surface area contributed by atoms with Crippen LogP contribution in [0.3, 0.4) is 0 Å². The minimum atomic E-state index is -0.136. The van der Waals surface area contributed by atoms with E-state index in [4.69, 9.17) is 21.1 Å². The summed E-state index contributed by atoms with van der Waals surface area (Å²) in [5.41, 5.74) is 0.394. The number of ether oxygens (including phenoxy) is 2. The second-order valence-electron chi connectivity index (χ2n) is 4.07. The maximum absolute atomic E-state index is 11.8. The lowest BCUT2D eigenvalue weighted by Gasteiger charge is -2.13. The Labute approximate surface area is 130 Å². The molecule has 104 valence electrons. The molecular weight excluding hydrogens is 344 g/mol. The highest BCUT2D eigenvalue weighted by atomic mass is 79.9. The van der Waals surface area contributed by atoms with Crippen LogP contribution in [-0.2, 0) is 0 Å². The second kappa shape index (κ2) is 6.29. The molecule has 0 heterocycles. The molecule has 0 spiro atoms. The van der Waals surface area contributed by atoms with Gasteiger partial charge in [-0.1, -0.05) is 33.6 Å². The van der Waals surface area contributed by atoms with Crippen LogP contribution in [0.5, 0.6) is 17.2 Å². The van der Waals surface area contributed by atoms with E-state index in [9.17, 15) is 4.79 Å². The van der Waals surface area contributed by atoms with Crippen LogP contribution in [0, 0.1) is 0 Å². The number of ketones is 1. The minimum absolute atomic E-state index is 0.136. The molecule has 0 aliphatic heterocycles. The first-order valence-electron chi connectivity index (χ1n) is 5.83. The fourth-order valence-electron chi connectivity index (χ4n) is 1.79. The average molecular weight is 356 g/mol. The van der Waals surface area contributed by atoms with Crippen molar-refractivity contribution >= 4 is 33.3 Å². The van der Waals surface area contributed by atoms with E-state index >= 15 is 0 Å². The van der Waals surface area contributed by atoms with E-state index in [0.29, 0.717) is 27.8 Å². The summed E-state index contributed by atoms with van der Waals surface area (Å²) in [6.07, 6.45) is 0. The van der Waals surface area contributed by atoms with E-state index in [-0.39, 0.29) is 5.78 Å². The Hall–Kier alpha value is -1.52. The molecule has 0 aliphatic carbocycles. The third-order valence-corrected chi connectivity index (χ3v) is 3.48. The first-order valence-corrected chi connectivity index (χ1v) is 7.01. The summed E-state index contributed by atoms with van der Waals surface area (Å²) in [4.78, 5) is 11.8. The molecule has 0 saturated carbocycles. The Balaban J connectivity index is 2.48. The summed E-state index contributed by atoms with van der Waals surface area (Å²) >= 11 is 9.44. The molecule has 2 rings (SSSR count). The van der Waals surface area contributed by atoms with Crippen molar-refractivity contribution in [3.8, 4) is 17.2 Å². The highest BCUT2D eigenvalue weighted by molar-refractivity contribution is 9.10. The molecule has 0 N–H and O–H groups in total. The highest BCUT2D eigenvalue weighted by Crippen LogP contribution is 2.36. The van der Waals surface area contributed by atoms with Crippen LogP contribution < -0.4 is 9.47 Å². The van der Waals surface area contributed by atoms with Gasteiger partial charge in [0.05, 0.1) is 12.1 Å². The van der Waals surface area contributed by atoms with Gasteiger partial charge in [0.1, 0.15) is 22.8 Å². The van der Waals surface area contributed by atoms with Gasteiger partial charge in [-0.05, 0) is 37.3 Å². The Morgan fingerprint density at radius 1 is 1.15 bits per heavy atom. The summed E-state index contributed by atoms with van der Waals surface area (Å²) in [7, 11) is 1.51. The van der Waals surface area contributed by atoms with Crippen LogP contribution in [0.15, 0.2) is 40.9 Å². The number of benzene rings is 2. The van der Waals surface area contributed by atoms with Gasteiger partial charge in [0.2, 0.25) is 0 Å². The number of halogens is 2. The molecule has 0 saturated heterocycles. The van der Waals surface area contributed by atoms with Gasteiger partial charge in [0, 0.05) is 4.47 Å². The van der Waals surface area contributed by atoms with Gasteiger partial charge >= 0.3 is 0 Å². The van der Waals surface area contributed by atoms with Crippen molar-refractivity contribution in [3.05, 3.63) is 51.5 Å².